The zero-order valence-electron chi connectivity index (χ0n) is 13.7. The van der Waals surface area contributed by atoms with E-state index in [1.165, 1.54) is 0 Å². The number of amides is 1. The maximum Gasteiger partial charge on any atom is 0.445 e. The van der Waals surface area contributed by atoms with E-state index in [0.29, 0.717) is 50.5 Å². The van der Waals surface area contributed by atoms with Gasteiger partial charge in [0.15, 0.2) is 0 Å². The van der Waals surface area contributed by atoms with E-state index in [1.54, 1.807) is 9.80 Å². The number of anilines is 1. The van der Waals surface area contributed by atoms with Gasteiger partial charge in [0.25, 0.3) is 0 Å². The van der Waals surface area contributed by atoms with Crippen molar-refractivity contribution < 1.29 is 23.1 Å². The molecule has 0 spiro atoms. The molecule has 0 unspecified atom stereocenters. The summed E-state index contributed by atoms with van der Waals surface area (Å²) < 4.78 is 37.9. The Bertz CT molecular complexity index is 618. The second-order valence-electron chi connectivity index (χ2n) is 6.42. The van der Waals surface area contributed by atoms with Crippen LogP contribution in [0.4, 0.5) is 18.3 Å². The quantitative estimate of drug-likeness (QED) is 0.808. The van der Waals surface area contributed by atoms with Crippen molar-refractivity contribution in [3.05, 3.63) is 5.01 Å². The molecule has 0 bridgehead atoms. The first kappa shape index (κ1) is 18.3. The van der Waals surface area contributed by atoms with Gasteiger partial charge in [-0.25, -0.2) is 0 Å². The SMILES string of the molecule is CN1CC[C@@H](O)[C@H](C(=O)N2CCN(c3nnc(C(F)(F)F)s3)CC2)C1. The Hall–Kier alpha value is -1.46. The number of likely N-dealkylation sites (tertiary alicyclic amines) is 1. The second-order valence-corrected chi connectivity index (χ2v) is 7.38. The number of hydrogen-bond acceptors (Lipinski definition) is 7. The topological polar surface area (TPSA) is 72.8 Å². The molecule has 0 radical (unpaired) electrons. The molecule has 2 fully saturated rings. The Morgan fingerprint density at radius 2 is 1.88 bits per heavy atom. The smallest absolute Gasteiger partial charge is 0.392 e. The number of aromatic nitrogens is 2. The minimum atomic E-state index is -4.49. The Labute approximate surface area is 147 Å². The zero-order valence-corrected chi connectivity index (χ0v) is 14.6. The summed E-state index contributed by atoms with van der Waals surface area (Å²) in [6.07, 6.45) is -4.56. The van der Waals surface area contributed by atoms with Crippen LogP contribution < -0.4 is 4.90 Å². The number of halogens is 3. The minimum Gasteiger partial charge on any atom is -0.392 e. The lowest BCUT2D eigenvalue weighted by Crippen LogP contribution is -2.55. The first-order valence-electron chi connectivity index (χ1n) is 8.07. The third kappa shape index (κ3) is 4.04. The maximum absolute atomic E-state index is 12.6. The van der Waals surface area contributed by atoms with Gasteiger partial charge in [-0.2, -0.15) is 13.2 Å². The number of piperidine rings is 1. The van der Waals surface area contributed by atoms with Crippen LogP contribution in [0.1, 0.15) is 11.4 Å². The third-order valence-electron chi connectivity index (χ3n) is 4.62. The Morgan fingerprint density at radius 3 is 2.48 bits per heavy atom. The van der Waals surface area contributed by atoms with Crippen LogP contribution in [-0.4, -0.2) is 83.4 Å². The number of piperazine rings is 1. The van der Waals surface area contributed by atoms with Gasteiger partial charge in [-0.1, -0.05) is 11.3 Å². The fourth-order valence-electron chi connectivity index (χ4n) is 3.16. The van der Waals surface area contributed by atoms with Crippen LogP contribution in [0, 0.1) is 5.92 Å². The van der Waals surface area contributed by atoms with Gasteiger partial charge in [0, 0.05) is 39.3 Å². The van der Waals surface area contributed by atoms with Crippen molar-refractivity contribution in [3.8, 4) is 0 Å². The standard InChI is InChI=1S/C14H20F3N5O2S/c1-20-3-2-10(23)9(8-20)11(24)21-4-6-22(7-5-21)13-19-18-12(25-13)14(15,16)17/h9-10,23H,2-8H2,1H3/t9-,10-/m1/s1. The van der Waals surface area contributed by atoms with E-state index in [0.717, 1.165) is 6.54 Å². The van der Waals surface area contributed by atoms with Crippen LogP contribution in [0.5, 0.6) is 0 Å². The summed E-state index contributed by atoms with van der Waals surface area (Å²) in [6.45, 7) is 2.87. The molecule has 2 atom stereocenters. The van der Waals surface area contributed by atoms with Crippen molar-refractivity contribution in [3.63, 3.8) is 0 Å². The zero-order chi connectivity index (χ0) is 18.2. The molecule has 1 aromatic rings. The lowest BCUT2D eigenvalue weighted by molar-refractivity contribution is -0.142. The molecule has 3 heterocycles. The fourth-order valence-corrected chi connectivity index (χ4v) is 3.92. The van der Waals surface area contributed by atoms with Gasteiger partial charge in [-0.15, -0.1) is 10.2 Å². The number of carbonyl (C=O) groups excluding carboxylic acids is 1. The van der Waals surface area contributed by atoms with E-state index in [1.807, 2.05) is 11.9 Å². The average Bonchev–Trinajstić information content (AvgIpc) is 3.07. The number of aliphatic hydroxyl groups is 1. The predicted molar refractivity (Wildman–Crippen MR) is 85.3 cm³/mol. The molecule has 7 nitrogen and oxygen atoms in total. The molecule has 25 heavy (non-hydrogen) atoms. The lowest BCUT2D eigenvalue weighted by atomic mass is 9.93. The molecule has 140 valence electrons. The molecule has 2 aliphatic heterocycles. The average molecular weight is 379 g/mol. The highest BCUT2D eigenvalue weighted by atomic mass is 32.1. The van der Waals surface area contributed by atoms with Gasteiger partial charge in [0.1, 0.15) is 0 Å². The maximum atomic E-state index is 12.6. The minimum absolute atomic E-state index is 0.0908. The van der Waals surface area contributed by atoms with Crippen LogP contribution in [0.3, 0.4) is 0 Å². The van der Waals surface area contributed by atoms with Crippen LogP contribution in [0.15, 0.2) is 0 Å². The molecule has 3 rings (SSSR count). The van der Waals surface area contributed by atoms with E-state index in [9.17, 15) is 23.1 Å². The van der Waals surface area contributed by atoms with Crippen molar-refractivity contribution in [1.82, 2.24) is 20.0 Å². The van der Waals surface area contributed by atoms with E-state index >= 15 is 0 Å². The number of aliphatic hydroxyl groups excluding tert-OH is 1. The van der Waals surface area contributed by atoms with E-state index < -0.39 is 23.2 Å². The Morgan fingerprint density at radius 1 is 1.20 bits per heavy atom. The number of carbonyl (C=O) groups is 1. The molecule has 0 aliphatic carbocycles. The molecule has 1 N–H and O–H groups in total. The highest BCUT2D eigenvalue weighted by Gasteiger charge is 2.38. The van der Waals surface area contributed by atoms with Crippen LogP contribution in [0.25, 0.3) is 0 Å². The largest absolute Gasteiger partial charge is 0.445 e. The van der Waals surface area contributed by atoms with Crippen molar-refractivity contribution in [2.45, 2.75) is 18.7 Å². The van der Waals surface area contributed by atoms with E-state index in [-0.39, 0.29) is 11.0 Å². The summed E-state index contributed by atoms with van der Waals surface area (Å²) in [4.78, 5) is 18.0. The molecule has 1 amide bonds. The molecule has 11 heteroatoms. The van der Waals surface area contributed by atoms with E-state index in [4.69, 9.17) is 0 Å². The van der Waals surface area contributed by atoms with Crippen molar-refractivity contribution in [2.24, 2.45) is 5.92 Å². The number of nitrogens with zero attached hydrogens (tertiary/aromatic N) is 5. The van der Waals surface area contributed by atoms with Crippen LogP contribution >= 0.6 is 11.3 Å². The highest BCUT2D eigenvalue weighted by molar-refractivity contribution is 7.15. The summed E-state index contributed by atoms with van der Waals surface area (Å²) in [5, 5.41) is 16.1. The van der Waals surface area contributed by atoms with Crippen LogP contribution in [-0.2, 0) is 11.0 Å². The molecule has 2 saturated heterocycles. The number of hydrogen-bond donors (Lipinski definition) is 1. The molecule has 0 aromatic carbocycles. The molecular formula is C14H20F3N5O2S. The summed E-state index contributed by atoms with van der Waals surface area (Å²) in [5.74, 6) is -0.532. The van der Waals surface area contributed by atoms with Crippen molar-refractivity contribution in [1.29, 1.82) is 0 Å². The lowest BCUT2D eigenvalue weighted by Gasteiger charge is -2.39. The Balaban J connectivity index is 1.58. The monoisotopic (exact) mass is 379 g/mol. The van der Waals surface area contributed by atoms with Gasteiger partial charge in [0.05, 0.1) is 12.0 Å². The van der Waals surface area contributed by atoms with Gasteiger partial charge in [-0.05, 0) is 13.5 Å². The van der Waals surface area contributed by atoms with Crippen molar-refractivity contribution >= 4 is 22.4 Å². The van der Waals surface area contributed by atoms with Crippen molar-refractivity contribution in [2.75, 3.05) is 51.2 Å². The molecule has 2 aliphatic rings. The summed E-state index contributed by atoms with van der Waals surface area (Å²) in [5.41, 5.74) is 0. The summed E-state index contributed by atoms with van der Waals surface area (Å²) in [7, 11) is 1.91. The first-order valence-corrected chi connectivity index (χ1v) is 8.88. The highest BCUT2D eigenvalue weighted by Crippen LogP contribution is 2.34. The summed E-state index contributed by atoms with van der Waals surface area (Å²) >= 11 is 0.513. The molecular weight excluding hydrogens is 359 g/mol. The van der Waals surface area contributed by atoms with E-state index in [2.05, 4.69) is 10.2 Å². The van der Waals surface area contributed by atoms with Gasteiger partial charge in [-0.3, -0.25) is 4.79 Å². The van der Waals surface area contributed by atoms with Gasteiger partial charge < -0.3 is 19.8 Å². The fraction of sp³-hybridized carbons (Fsp3) is 0.786. The predicted octanol–water partition coefficient (Wildman–Crippen LogP) is 0.518. The summed E-state index contributed by atoms with van der Waals surface area (Å²) in [6, 6.07) is 0. The first-order chi connectivity index (χ1) is 11.8. The molecule has 1 aromatic heterocycles. The normalized spacial score (nSPS) is 26.1. The number of alkyl halides is 3. The third-order valence-corrected chi connectivity index (χ3v) is 5.64. The molecule has 0 saturated carbocycles. The van der Waals surface area contributed by atoms with Crippen LogP contribution in [0.2, 0.25) is 0 Å². The van der Waals surface area contributed by atoms with Gasteiger partial charge >= 0.3 is 6.18 Å². The number of rotatable bonds is 2. The van der Waals surface area contributed by atoms with Gasteiger partial charge in [0.2, 0.25) is 16.0 Å². The Kier molecular flexibility index (Phi) is 5.16. The second kappa shape index (κ2) is 7.04.